The Morgan fingerprint density at radius 2 is 1.93 bits per heavy atom. The highest BCUT2D eigenvalue weighted by atomic mass is 35.5. The number of anilines is 1. The Bertz CT molecular complexity index is 973. The maximum atomic E-state index is 12.2. The van der Waals surface area contributed by atoms with Crippen LogP contribution in [0.3, 0.4) is 0 Å². The number of aromatic nitrogens is 2. The molecule has 0 unspecified atom stereocenters. The van der Waals surface area contributed by atoms with Crippen molar-refractivity contribution < 1.29 is 9.53 Å². The molecule has 0 saturated carbocycles. The van der Waals surface area contributed by atoms with Gasteiger partial charge in [-0.1, -0.05) is 24.9 Å². The third-order valence-corrected chi connectivity index (χ3v) is 4.10. The van der Waals surface area contributed by atoms with E-state index in [1.807, 2.05) is 25.1 Å². The Hall–Kier alpha value is -3.30. The maximum absolute atomic E-state index is 12.2. The summed E-state index contributed by atoms with van der Waals surface area (Å²) in [4.78, 5) is 12.2. The zero-order valence-corrected chi connectivity index (χ0v) is 15.4. The van der Waals surface area contributed by atoms with Crippen LogP contribution < -0.4 is 10.1 Å². The van der Waals surface area contributed by atoms with Gasteiger partial charge in [-0.15, -0.1) is 0 Å². The number of nitrogens with zero attached hydrogens (tertiary/aromatic N) is 3. The number of halogens is 1. The SMILES string of the molecule is CCCc1c(OC(=O)Nc2ccc(C#N)cc2)cnn1-c1ccc(Cl)cc1. The number of carbonyl (C=O) groups excluding carboxylic acids is 1. The molecule has 0 saturated heterocycles. The van der Waals surface area contributed by atoms with E-state index in [4.69, 9.17) is 21.6 Å². The normalized spacial score (nSPS) is 10.3. The Morgan fingerprint density at radius 1 is 1.22 bits per heavy atom. The van der Waals surface area contributed by atoms with Gasteiger partial charge in [-0.2, -0.15) is 10.4 Å². The lowest BCUT2D eigenvalue weighted by Gasteiger charge is -2.10. The van der Waals surface area contributed by atoms with Crippen molar-refractivity contribution in [1.82, 2.24) is 9.78 Å². The largest absolute Gasteiger partial charge is 0.417 e. The topological polar surface area (TPSA) is 79.9 Å². The van der Waals surface area contributed by atoms with Crippen LogP contribution in [0.5, 0.6) is 5.75 Å². The smallest absolute Gasteiger partial charge is 0.406 e. The van der Waals surface area contributed by atoms with Crippen molar-refractivity contribution in [1.29, 1.82) is 5.26 Å². The number of carbonyl (C=O) groups is 1. The molecule has 1 N–H and O–H groups in total. The van der Waals surface area contributed by atoms with Gasteiger partial charge < -0.3 is 4.74 Å². The van der Waals surface area contributed by atoms with Crippen molar-refractivity contribution in [2.45, 2.75) is 19.8 Å². The minimum Gasteiger partial charge on any atom is -0.406 e. The first-order valence-electron chi connectivity index (χ1n) is 8.42. The first-order valence-corrected chi connectivity index (χ1v) is 8.80. The predicted molar refractivity (Wildman–Crippen MR) is 103 cm³/mol. The molecule has 0 atom stereocenters. The highest BCUT2D eigenvalue weighted by molar-refractivity contribution is 6.30. The van der Waals surface area contributed by atoms with Gasteiger partial charge in [0.25, 0.3) is 0 Å². The van der Waals surface area contributed by atoms with Gasteiger partial charge in [0, 0.05) is 10.7 Å². The minimum atomic E-state index is -0.618. The first kappa shape index (κ1) is 18.5. The van der Waals surface area contributed by atoms with Crippen LogP contribution in [0.2, 0.25) is 5.02 Å². The van der Waals surface area contributed by atoms with E-state index in [9.17, 15) is 4.79 Å². The van der Waals surface area contributed by atoms with Crippen LogP contribution in [0.25, 0.3) is 5.69 Å². The van der Waals surface area contributed by atoms with Crippen molar-refractivity contribution >= 4 is 23.4 Å². The summed E-state index contributed by atoms with van der Waals surface area (Å²) < 4.78 is 7.20. The molecule has 0 spiro atoms. The van der Waals surface area contributed by atoms with Crippen LogP contribution in [0.15, 0.2) is 54.7 Å². The van der Waals surface area contributed by atoms with Gasteiger partial charge in [-0.3, -0.25) is 5.32 Å². The van der Waals surface area contributed by atoms with E-state index in [-0.39, 0.29) is 0 Å². The molecular formula is C20H17ClN4O2. The van der Waals surface area contributed by atoms with Crippen LogP contribution in [-0.4, -0.2) is 15.9 Å². The Kier molecular flexibility index (Phi) is 5.74. The van der Waals surface area contributed by atoms with E-state index in [0.29, 0.717) is 28.4 Å². The van der Waals surface area contributed by atoms with E-state index in [1.54, 1.807) is 41.1 Å². The van der Waals surface area contributed by atoms with Gasteiger partial charge in [0.05, 0.1) is 29.2 Å². The predicted octanol–water partition coefficient (Wildman–Crippen LogP) is 4.96. The van der Waals surface area contributed by atoms with E-state index >= 15 is 0 Å². The molecule has 1 heterocycles. The summed E-state index contributed by atoms with van der Waals surface area (Å²) in [6, 6.07) is 15.8. The molecule has 1 aromatic heterocycles. The number of nitriles is 1. The fourth-order valence-corrected chi connectivity index (χ4v) is 2.71. The van der Waals surface area contributed by atoms with Crippen LogP contribution in [0.4, 0.5) is 10.5 Å². The molecule has 0 aliphatic rings. The molecule has 1 amide bonds. The minimum absolute atomic E-state index is 0.401. The molecule has 136 valence electrons. The monoisotopic (exact) mass is 380 g/mol. The summed E-state index contributed by atoms with van der Waals surface area (Å²) in [6.45, 7) is 2.04. The molecule has 6 nitrogen and oxygen atoms in total. The van der Waals surface area contributed by atoms with Gasteiger partial charge in [0.1, 0.15) is 0 Å². The van der Waals surface area contributed by atoms with Crippen LogP contribution in [0, 0.1) is 11.3 Å². The number of benzene rings is 2. The molecule has 3 aromatic rings. The summed E-state index contributed by atoms with van der Waals surface area (Å²) in [6.07, 6.45) is 2.47. The van der Waals surface area contributed by atoms with Gasteiger partial charge in [0.2, 0.25) is 0 Å². The summed E-state index contributed by atoms with van der Waals surface area (Å²) in [5.41, 5.74) is 2.70. The van der Waals surface area contributed by atoms with Crippen LogP contribution in [0.1, 0.15) is 24.6 Å². The molecule has 2 aromatic carbocycles. The fourth-order valence-electron chi connectivity index (χ4n) is 2.59. The van der Waals surface area contributed by atoms with Gasteiger partial charge in [0.15, 0.2) is 5.75 Å². The molecule has 0 aliphatic heterocycles. The number of nitrogens with one attached hydrogen (secondary N) is 1. The van der Waals surface area contributed by atoms with Crippen molar-refractivity contribution in [3.63, 3.8) is 0 Å². The first-order chi connectivity index (χ1) is 13.1. The number of hydrogen-bond acceptors (Lipinski definition) is 4. The summed E-state index contributed by atoms with van der Waals surface area (Å²) in [5.74, 6) is 0.401. The van der Waals surface area contributed by atoms with Crippen molar-refractivity contribution in [3.8, 4) is 17.5 Å². The lowest BCUT2D eigenvalue weighted by molar-refractivity contribution is 0.214. The standard InChI is InChI=1S/C20H17ClN4O2/c1-2-3-18-19(13-23-25(18)17-10-6-15(21)7-11-17)27-20(26)24-16-8-4-14(12-22)5-9-16/h4-11,13H,2-3H2,1H3,(H,24,26). The van der Waals surface area contributed by atoms with Crippen molar-refractivity contribution in [3.05, 3.63) is 71.0 Å². The lowest BCUT2D eigenvalue weighted by Crippen LogP contribution is -2.17. The molecule has 0 aliphatic carbocycles. The number of hydrogen-bond donors (Lipinski definition) is 1. The molecule has 7 heteroatoms. The molecule has 27 heavy (non-hydrogen) atoms. The molecular weight excluding hydrogens is 364 g/mol. The Balaban J connectivity index is 1.78. The van der Waals surface area contributed by atoms with Gasteiger partial charge >= 0.3 is 6.09 Å². The maximum Gasteiger partial charge on any atom is 0.417 e. The average Bonchev–Trinajstić information content (AvgIpc) is 3.05. The summed E-state index contributed by atoms with van der Waals surface area (Å²) in [7, 11) is 0. The number of ether oxygens (including phenoxy) is 1. The third kappa shape index (κ3) is 4.46. The molecule has 3 rings (SSSR count). The highest BCUT2D eigenvalue weighted by Crippen LogP contribution is 2.24. The van der Waals surface area contributed by atoms with Crippen molar-refractivity contribution in [2.75, 3.05) is 5.32 Å². The Labute approximate surface area is 161 Å². The zero-order valence-electron chi connectivity index (χ0n) is 14.6. The number of rotatable bonds is 5. The van der Waals surface area contributed by atoms with E-state index in [2.05, 4.69) is 10.4 Å². The molecule has 0 bridgehead atoms. The van der Waals surface area contributed by atoms with Crippen molar-refractivity contribution in [2.24, 2.45) is 0 Å². The average molecular weight is 381 g/mol. The number of amides is 1. The van der Waals surface area contributed by atoms with Crippen LogP contribution >= 0.6 is 11.6 Å². The second-order valence-electron chi connectivity index (χ2n) is 5.80. The van der Waals surface area contributed by atoms with E-state index in [0.717, 1.165) is 17.8 Å². The molecule has 0 radical (unpaired) electrons. The summed E-state index contributed by atoms with van der Waals surface area (Å²) in [5, 5.41) is 16.5. The quantitative estimate of drug-likeness (QED) is 0.678. The van der Waals surface area contributed by atoms with Crippen LogP contribution in [-0.2, 0) is 6.42 Å². The fraction of sp³-hybridized carbons (Fsp3) is 0.150. The molecule has 0 fully saturated rings. The van der Waals surface area contributed by atoms with E-state index < -0.39 is 6.09 Å². The zero-order chi connectivity index (χ0) is 19.2. The lowest BCUT2D eigenvalue weighted by atomic mass is 10.2. The Morgan fingerprint density at radius 3 is 2.56 bits per heavy atom. The second kappa shape index (κ2) is 8.39. The van der Waals surface area contributed by atoms with E-state index in [1.165, 1.54) is 6.20 Å². The second-order valence-corrected chi connectivity index (χ2v) is 6.23. The highest BCUT2D eigenvalue weighted by Gasteiger charge is 2.16. The van der Waals surface area contributed by atoms with Gasteiger partial charge in [-0.05, 0) is 55.0 Å². The summed E-state index contributed by atoms with van der Waals surface area (Å²) >= 11 is 5.95. The third-order valence-electron chi connectivity index (χ3n) is 3.85. The van der Waals surface area contributed by atoms with Gasteiger partial charge in [-0.25, -0.2) is 9.48 Å².